The first kappa shape index (κ1) is 20.2. The third kappa shape index (κ3) is 6.28. The molecule has 0 aliphatic carbocycles. The second-order valence-corrected chi connectivity index (χ2v) is 6.81. The molecule has 0 aromatic rings. The highest BCUT2D eigenvalue weighted by molar-refractivity contribution is 5.85. The Morgan fingerprint density at radius 2 is 2.04 bits per heavy atom. The summed E-state index contributed by atoms with van der Waals surface area (Å²) in [5.74, 6) is -0.350. The van der Waals surface area contributed by atoms with Crippen LogP contribution in [0.5, 0.6) is 0 Å². The number of rotatable bonds is 6. The molecular formula is C16H30ClN3O3. The summed E-state index contributed by atoms with van der Waals surface area (Å²) in [5.41, 5.74) is 0.374. The minimum Gasteiger partial charge on any atom is -0.465 e. The fourth-order valence-electron chi connectivity index (χ4n) is 3.41. The summed E-state index contributed by atoms with van der Waals surface area (Å²) in [5, 5.41) is 6.12. The summed E-state index contributed by atoms with van der Waals surface area (Å²) >= 11 is 0. The number of ether oxygens (including phenoxy) is 1. The van der Waals surface area contributed by atoms with Crippen LogP contribution in [0.15, 0.2) is 0 Å². The lowest BCUT2D eigenvalue weighted by Crippen LogP contribution is -2.45. The Hall–Kier alpha value is -0.850. The molecule has 0 bridgehead atoms. The Morgan fingerprint density at radius 3 is 2.61 bits per heavy atom. The number of carbonyl (C=O) groups excluding carboxylic acids is 2. The molecule has 2 N–H and O–H groups in total. The zero-order valence-corrected chi connectivity index (χ0v) is 15.0. The van der Waals surface area contributed by atoms with Gasteiger partial charge in [-0.15, -0.1) is 12.4 Å². The lowest BCUT2D eigenvalue weighted by molar-refractivity contribution is -0.144. The number of carbonyl (C=O) groups is 2. The van der Waals surface area contributed by atoms with Crippen LogP contribution in [0.25, 0.3) is 0 Å². The van der Waals surface area contributed by atoms with Crippen molar-refractivity contribution in [3.05, 3.63) is 0 Å². The molecule has 0 aromatic carbocycles. The van der Waals surface area contributed by atoms with E-state index in [1.165, 1.54) is 6.42 Å². The summed E-state index contributed by atoms with van der Waals surface area (Å²) in [6, 6.07) is 0. The van der Waals surface area contributed by atoms with Crippen molar-refractivity contribution in [1.82, 2.24) is 15.5 Å². The van der Waals surface area contributed by atoms with Gasteiger partial charge in [-0.3, -0.25) is 9.59 Å². The predicted molar refractivity (Wildman–Crippen MR) is 91.6 cm³/mol. The van der Waals surface area contributed by atoms with E-state index in [0.717, 1.165) is 45.6 Å². The molecule has 1 atom stereocenters. The lowest BCUT2D eigenvalue weighted by atomic mass is 9.87. The maximum Gasteiger partial charge on any atom is 0.325 e. The van der Waals surface area contributed by atoms with Gasteiger partial charge in [0.15, 0.2) is 0 Å². The smallest absolute Gasteiger partial charge is 0.325 e. The van der Waals surface area contributed by atoms with E-state index in [9.17, 15) is 9.59 Å². The molecule has 1 amide bonds. The zero-order chi connectivity index (χ0) is 16.0. The summed E-state index contributed by atoms with van der Waals surface area (Å²) in [6.07, 6.45) is 2.98. The largest absolute Gasteiger partial charge is 0.465 e. The Kier molecular flexibility index (Phi) is 8.29. The van der Waals surface area contributed by atoms with Crippen LogP contribution in [0.2, 0.25) is 0 Å². The van der Waals surface area contributed by atoms with Crippen LogP contribution in [0.3, 0.4) is 0 Å². The molecule has 0 saturated carbocycles. The third-order valence-electron chi connectivity index (χ3n) is 4.73. The molecule has 23 heavy (non-hydrogen) atoms. The number of nitrogens with zero attached hydrogens (tertiary/aromatic N) is 1. The van der Waals surface area contributed by atoms with E-state index in [1.54, 1.807) is 6.92 Å². The SMILES string of the molecule is CCOC(=O)CNC(=O)C1CCN(CC2(C)CCNC2)CC1.Cl. The first-order valence-electron chi connectivity index (χ1n) is 8.39. The summed E-state index contributed by atoms with van der Waals surface area (Å²) in [4.78, 5) is 25.8. The molecule has 2 fully saturated rings. The quantitative estimate of drug-likeness (QED) is 0.695. The number of amides is 1. The molecule has 2 aliphatic rings. The van der Waals surface area contributed by atoms with Gasteiger partial charge in [-0.25, -0.2) is 0 Å². The number of hydrogen-bond donors (Lipinski definition) is 2. The van der Waals surface area contributed by atoms with Crippen molar-refractivity contribution in [3.63, 3.8) is 0 Å². The molecule has 6 nitrogen and oxygen atoms in total. The molecule has 7 heteroatoms. The van der Waals surface area contributed by atoms with Gasteiger partial charge in [0.1, 0.15) is 6.54 Å². The Morgan fingerprint density at radius 1 is 1.35 bits per heavy atom. The fraction of sp³-hybridized carbons (Fsp3) is 0.875. The van der Waals surface area contributed by atoms with Crippen molar-refractivity contribution in [3.8, 4) is 0 Å². The normalized spacial score (nSPS) is 25.7. The number of hydrogen-bond acceptors (Lipinski definition) is 5. The van der Waals surface area contributed by atoms with Gasteiger partial charge < -0.3 is 20.3 Å². The number of likely N-dealkylation sites (tertiary alicyclic amines) is 1. The van der Waals surface area contributed by atoms with Crippen LogP contribution in [-0.2, 0) is 14.3 Å². The second-order valence-electron chi connectivity index (χ2n) is 6.81. The molecule has 2 aliphatic heterocycles. The van der Waals surface area contributed by atoms with Gasteiger partial charge in [-0.05, 0) is 51.2 Å². The molecule has 134 valence electrons. The predicted octanol–water partition coefficient (Wildman–Crippen LogP) is 0.799. The minimum absolute atomic E-state index is 0. The molecule has 0 radical (unpaired) electrons. The average Bonchev–Trinajstić information content (AvgIpc) is 2.92. The van der Waals surface area contributed by atoms with Gasteiger partial charge in [0.25, 0.3) is 0 Å². The molecule has 2 saturated heterocycles. The summed E-state index contributed by atoms with van der Waals surface area (Å²) in [6.45, 7) is 9.67. The Bertz CT molecular complexity index is 392. The maximum absolute atomic E-state index is 12.1. The molecule has 2 heterocycles. The monoisotopic (exact) mass is 347 g/mol. The van der Waals surface area contributed by atoms with Crippen LogP contribution >= 0.6 is 12.4 Å². The van der Waals surface area contributed by atoms with Crippen molar-refractivity contribution in [1.29, 1.82) is 0 Å². The first-order valence-corrected chi connectivity index (χ1v) is 8.39. The van der Waals surface area contributed by atoms with Gasteiger partial charge in [-0.1, -0.05) is 6.92 Å². The number of esters is 1. The van der Waals surface area contributed by atoms with Crippen molar-refractivity contribution >= 4 is 24.3 Å². The van der Waals surface area contributed by atoms with E-state index in [4.69, 9.17) is 4.74 Å². The van der Waals surface area contributed by atoms with Crippen molar-refractivity contribution in [2.75, 3.05) is 45.9 Å². The first-order chi connectivity index (χ1) is 10.5. The highest BCUT2D eigenvalue weighted by atomic mass is 35.5. The van der Waals surface area contributed by atoms with E-state index in [0.29, 0.717) is 12.0 Å². The molecule has 0 aromatic heterocycles. The summed E-state index contributed by atoms with van der Waals surface area (Å²) < 4.78 is 4.81. The third-order valence-corrected chi connectivity index (χ3v) is 4.73. The number of nitrogens with one attached hydrogen (secondary N) is 2. The van der Waals surface area contributed by atoms with Gasteiger partial charge in [0.05, 0.1) is 6.61 Å². The Balaban J connectivity index is 0.00000264. The lowest BCUT2D eigenvalue weighted by Gasteiger charge is -2.36. The van der Waals surface area contributed by atoms with Crippen LogP contribution < -0.4 is 10.6 Å². The van der Waals surface area contributed by atoms with Crippen molar-refractivity contribution in [2.24, 2.45) is 11.3 Å². The van der Waals surface area contributed by atoms with E-state index in [1.807, 2.05) is 0 Å². The number of halogens is 1. The van der Waals surface area contributed by atoms with Crippen LogP contribution in [0.4, 0.5) is 0 Å². The highest BCUT2D eigenvalue weighted by Gasteiger charge is 2.33. The average molecular weight is 348 g/mol. The molecular weight excluding hydrogens is 318 g/mol. The molecule has 1 unspecified atom stereocenters. The highest BCUT2D eigenvalue weighted by Crippen LogP contribution is 2.28. The van der Waals surface area contributed by atoms with E-state index in [-0.39, 0.29) is 36.7 Å². The fourth-order valence-corrected chi connectivity index (χ4v) is 3.41. The number of piperidine rings is 1. The van der Waals surface area contributed by atoms with Crippen molar-refractivity contribution in [2.45, 2.75) is 33.1 Å². The van der Waals surface area contributed by atoms with Gasteiger partial charge in [0, 0.05) is 19.0 Å². The maximum atomic E-state index is 12.1. The minimum atomic E-state index is -0.366. The van der Waals surface area contributed by atoms with Crippen LogP contribution in [0, 0.1) is 11.3 Å². The second kappa shape index (κ2) is 9.45. The van der Waals surface area contributed by atoms with E-state index in [2.05, 4.69) is 22.5 Å². The van der Waals surface area contributed by atoms with Gasteiger partial charge >= 0.3 is 5.97 Å². The molecule has 0 spiro atoms. The van der Waals surface area contributed by atoms with E-state index >= 15 is 0 Å². The van der Waals surface area contributed by atoms with Crippen LogP contribution in [-0.4, -0.2) is 62.7 Å². The topological polar surface area (TPSA) is 70.7 Å². The summed E-state index contributed by atoms with van der Waals surface area (Å²) in [7, 11) is 0. The Labute approximate surface area is 145 Å². The molecule has 2 rings (SSSR count). The van der Waals surface area contributed by atoms with Gasteiger partial charge in [0.2, 0.25) is 5.91 Å². The standard InChI is InChI=1S/C16H29N3O3.ClH/c1-3-22-14(20)10-18-15(21)13-4-8-19(9-5-13)12-16(2)6-7-17-11-16;/h13,17H,3-12H2,1-2H3,(H,18,21);1H. The van der Waals surface area contributed by atoms with Gasteiger partial charge in [-0.2, -0.15) is 0 Å². The van der Waals surface area contributed by atoms with E-state index < -0.39 is 0 Å². The zero-order valence-electron chi connectivity index (χ0n) is 14.2. The van der Waals surface area contributed by atoms with Crippen LogP contribution in [0.1, 0.15) is 33.1 Å². The van der Waals surface area contributed by atoms with Crippen molar-refractivity contribution < 1.29 is 14.3 Å².